The van der Waals surface area contributed by atoms with Crippen LogP contribution in [0.2, 0.25) is 0 Å². The smallest absolute Gasteiger partial charge is 0.243 e. The van der Waals surface area contributed by atoms with E-state index in [1.165, 1.54) is 4.31 Å². The average Bonchev–Trinajstić information content (AvgIpc) is 2.72. The predicted molar refractivity (Wildman–Crippen MR) is 130 cm³/mol. The SMILES string of the molecule is CN(C)c1ccc(CNC(=O)C2CNCCN2S(=O)(=O)c2ccc(I)cc2)cc1.Cl. The normalized spacial score (nSPS) is 17.1. The molecular weight excluding hydrogens is 539 g/mol. The Balaban J connectivity index is 0.00000320. The van der Waals surface area contributed by atoms with Crippen molar-refractivity contribution in [3.05, 3.63) is 57.7 Å². The third-order valence-electron chi connectivity index (χ3n) is 4.84. The molecule has 7 nitrogen and oxygen atoms in total. The van der Waals surface area contributed by atoms with Gasteiger partial charge in [-0.15, -0.1) is 12.4 Å². The van der Waals surface area contributed by atoms with Crippen LogP contribution in [0.5, 0.6) is 0 Å². The van der Waals surface area contributed by atoms with E-state index < -0.39 is 16.1 Å². The first-order valence-electron chi connectivity index (χ1n) is 9.31. The van der Waals surface area contributed by atoms with Crippen molar-refractivity contribution in [3.8, 4) is 0 Å². The molecule has 1 fully saturated rings. The molecule has 0 saturated carbocycles. The molecule has 2 aromatic rings. The van der Waals surface area contributed by atoms with Gasteiger partial charge in [-0.25, -0.2) is 8.42 Å². The topological polar surface area (TPSA) is 81.8 Å². The first kappa shape index (κ1) is 24.9. The number of carbonyl (C=O) groups is 1. The Hall–Kier alpha value is -1.40. The number of carbonyl (C=O) groups excluding carboxylic acids is 1. The molecular formula is C20H26ClIN4O3S. The molecule has 1 amide bonds. The number of nitrogens with zero attached hydrogens (tertiary/aromatic N) is 2. The molecule has 10 heteroatoms. The average molecular weight is 565 g/mol. The summed E-state index contributed by atoms with van der Waals surface area (Å²) in [7, 11) is 0.188. The van der Waals surface area contributed by atoms with Crippen molar-refractivity contribution in [3.63, 3.8) is 0 Å². The van der Waals surface area contributed by atoms with Crippen LogP contribution in [0.15, 0.2) is 53.4 Å². The molecule has 1 atom stereocenters. The van der Waals surface area contributed by atoms with Gasteiger partial charge in [-0.3, -0.25) is 4.79 Å². The lowest BCUT2D eigenvalue weighted by Gasteiger charge is -2.34. The molecule has 30 heavy (non-hydrogen) atoms. The number of rotatable bonds is 6. The van der Waals surface area contributed by atoms with Gasteiger partial charge in [-0.2, -0.15) is 4.31 Å². The molecule has 2 aromatic carbocycles. The number of nitrogens with one attached hydrogen (secondary N) is 2. The molecule has 1 saturated heterocycles. The second-order valence-corrected chi connectivity index (χ2v) is 10.2. The van der Waals surface area contributed by atoms with Crippen LogP contribution in [0.3, 0.4) is 0 Å². The Kier molecular flexibility index (Phi) is 8.92. The van der Waals surface area contributed by atoms with Crippen LogP contribution < -0.4 is 15.5 Å². The number of hydrogen-bond acceptors (Lipinski definition) is 5. The van der Waals surface area contributed by atoms with Gasteiger partial charge >= 0.3 is 0 Å². The Morgan fingerprint density at radius 3 is 2.40 bits per heavy atom. The van der Waals surface area contributed by atoms with Crippen LogP contribution in [0.4, 0.5) is 5.69 Å². The fourth-order valence-electron chi connectivity index (χ4n) is 3.16. The van der Waals surface area contributed by atoms with Crippen molar-refractivity contribution in [2.45, 2.75) is 17.5 Å². The maximum atomic E-state index is 13.1. The van der Waals surface area contributed by atoms with E-state index in [0.717, 1.165) is 14.8 Å². The maximum absolute atomic E-state index is 13.1. The lowest BCUT2D eigenvalue weighted by Crippen LogP contribution is -2.59. The number of benzene rings is 2. The van der Waals surface area contributed by atoms with Gasteiger partial charge in [0.1, 0.15) is 6.04 Å². The molecule has 0 radical (unpaired) electrons. The van der Waals surface area contributed by atoms with Crippen molar-refractivity contribution in [2.75, 3.05) is 38.6 Å². The van der Waals surface area contributed by atoms with Crippen molar-refractivity contribution >= 4 is 56.6 Å². The zero-order valence-corrected chi connectivity index (χ0v) is 20.6. The highest BCUT2D eigenvalue weighted by Gasteiger charge is 2.37. The van der Waals surface area contributed by atoms with Crippen molar-refractivity contribution in [2.24, 2.45) is 0 Å². The van der Waals surface area contributed by atoms with E-state index in [1.54, 1.807) is 24.3 Å². The van der Waals surface area contributed by atoms with E-state index in [1.807, 2.05) is 43.3 Å². The Bertz CT molecular complexity index is 953. The molecule has 0 bridgehead atoms. The van der Waals surface area contributed by atoms with Crippen LogP contribution >= 0.6 is 35.0 Å². The zero-order valence-electron chi connectivity index (χ0n) is 16.8. The van der Waals surface area contributed by atoms with E-state index >= 15 is 0 Å². The summed E-state index contributed by atoms with van der Waals surface area (Å²) in [5.41, 5.74) is 2.03. The van der Waals surface area contributed by atoms with E-state index in [2.05, 4.69) is 33.2 Å². The monoisotopic (exact) mass is 564 g/mol. The highest BCUT2D eigenvalue weighted by molar-refractivity contribution is 14.1. The van der Waals surface area contributed by atoms with Crippen LogP contribution in [-0.4, -0.2) is 58.4 Å². The molecule has 1 unspecified atom stereocenters. The summed E-state index contributed by atoms with van der Waals surface area (Å²) in [5, 5.41) is 6.00. The van der Waals surface area contributed by atoms with E-state index in [-0.39, 0.29) is 36.3 Å². The van der Waals surface area contributed by atoms with Gasteiger partial charge in [0.05, 0.1) is 4.90 Å². The predicted octanol–water partition coefficient (Wildman–Crippen LogP) is 2.06. The molecule has 0 aromatic heterocycles. The third-order valence-corrected chi connectivity index (χ3v) is 7.48. The second kappa shape index (κ2) is 10.8. The summed E-state index contributed by atoms with van der Waals surface area (Å²) >= 11 is 2.13. The van der Waals surface area contributed by atoms with Gasteiger partial charge in [0.2, 0.25) is 15.9 Å². The van der Waals surface area contributed by atoms with Crippen LogP contribution in [0, 0.1) is 3.57 Å². The minimum atomic E-state index is -3.75. The first-order chi connectivity index (χ1) is 13.8. The summed E-state index contributed by atoms with van der Waals surface area (Å²) in [6.45, 7) is 1.40. The summed E-state index contributed by atoms with van der Waals surface area (Å²) in [5.74, 6) is -0.303. The van der Waals surface area contributed by atoms with Crippen molar-refractivity contribution < 1.29 is 13.2 Å². The highest BCUT2D eigenvalue weighted by Crippen LogP contribution is 2.21. The largest absolute Gasteiger partial charge is 0.378 e. The van der Waals surface area contributed by atoms with Crippen LogP contribution in [0.1, 0.15) is 5.56 Å². The van der Waals surface area contributed by atoms with Gasteiger partial charge in [-0.05, 0) is 64.6 Å². The first-order valence-corrected chi connectivity index (χ1v) is 11.8. The Morgan fingerprint density at radius 1 is 1.17 bits per heavy atom. The zero-order chi connectivity index (χ0) is 21.0. The minimum absolute atomic E-state index is 0. The second-order valence-electron chi connectivity index (χ2n) is 7.07. The lowest BCUT2D eigenvalue weighted by atomic mass is 10.2. The van der Waals surface area contributed by atoms with E-state index in [0.29, 0.717) is 13.1 Å². The number of amides is 1. The molecule has 3 rings (SSSR count). The van der Waals surface area contributed by atoms with E-state index in [9.17, 15) is 13.2 Å². The standard InChI is InChI=1S/C20H25IN4O3S.ClH/c1-24(2)17-7-3-15(4-8-17)13-23-20(26)19-14-22-11-12-25(19)29(27,28)18-9-5-16(21)6-10-18;/h3-10,19,22H,11-14H2,1-2H3,(H,23,26);1H. The highest BCUT2D eigenvalue weighted by atomic mass is 127. The molecule has 2 N–H and O–H groups in total. The maximum Gasteiger partial charge on any atom is 0.243 e. The quantitative estimate of drug-likeness (QED) is 0.525. The summed E-state index contributed by atoms with van der Waals surface area (Å²) in [6.07, 6.45) is 0. The van der Waals surface area contributed by atoms with Crippen molar-refractivity contribution in [1.82, 2.24) is 14.9 Å². The fraction of sp³-hybridized carbons (Fsp3) is 0.350. The molecule has 1 heterocycles. The number of halogens is 2. The van der Waals surface area contributed by atoms with Gasteiger partial charge in [-0.1, -0.05) is 12.1 Å². The minimum Gasteiger partial charge on any atom is -0.378 e. The molecule has 0 spiro atoms. The number of hydrogen-bond donors (Lipinski definition) is 2. The summed E-state index contributed by atoms with van der Waals surface area (Å²) in [4.78, 5) is 15.0. The third kappa shape index (κ3) is 5.85. The molecule has 1 aliphatic rings. The van der Waals surface area contributed by atoms with Crippen molar-refractivity contribution in [1.29, 1.82) is 0 Å². The number of piperazine rings is 1. The fourth-order valence-corrected chi connectivity index (χ4v) is 5.11. The van der Waals surface area contributed by atoms with Crippen LogP contribution in [0.25, 0.3) is 0 Å². The van der Waals surface area contributed by atoms with Crippen LogP contribution in [-0.2, 0) is 21.4 Å². The van der Waals surface area contributed by atoms with Gasteiger partial charge < -0.3 is 15.5 Å². The van der Waals surface area contributed by atoms with E-state index in [4.69, 9.17) is 0 Å². The Morgan fingerprint density at radius 2 is 1.80 bits per heavy atom. The Labute approximate surface area is 197 Å². The molecule has 0 aliphatic carbocycles. The summed E-state index contributed by atoms with van der Waals surface area (Å²) in [6, 6.07) is 13.8. The van der Waals surface area contributed by atoms with Gasteiger partial charge in [0.15, 0.2) is 0 Å². The van der Waals surface area contributed by atoms with Gasteiger partial charge in [0.25, 0.3) is 0 Å². The number of sulfonamides is 1. The van der Waals surface area contributed by atoms with Gasteiger partial charge in [0, 0.05) is 49.5 Å². The molecule has 1 aliphatic heterocycles. The summed E-state index contributed by atoms with van der Waals surface area (Å²) < 4.78 is 28.5. The lowest BCUT2D eigenvalue weighted by molar-refractivity contribution is -0.125. The number of anilines is 1. The molecule has 164 valence electrons.